The van der Waals surface area contributed by atoms with Crippen LogP contribution in [0.3, 0.4) is 0 Å². The summed E-state index contributed by atoms with van der Waals surface area (Å²) in [6.45, 7) is 7.30. The maximum atomic E-state index is 14.1. The standard InChI is InChI=1S/C13H16BFO4S/c1-9-13(2,3)19-14(18-9)11-6-5-10(7-12(11)15)8-20(4,16)17/h5-7H,1,8H2,2-4H3. The highest BCUT2D eigenvalue weighted by atomic mass is 32.2. The zero-order chi connectivity index (χ0) is 15.1. The average molecular weight is 298 g/mol. The number of rotatable bonds is 3. The maximum absolute atomic E-state index is 14.1. The summed E-state index contributed by atoms with van der Waals surface area (Å²) in [4.78, 5) is 0. The van der Waals surface area contributed by atoms with Crippen LogP contribution in [0.5, 0.6) is 0 Å². The SMILES string of the molecule is C=C1OB(c2ccc(CS(C)(=O)=O)cc2F)OC1(C)C. The molecule has 20 heavy (non-hydrogen) atoms. The van der Waals surface area contributed by atoms with Gasteiger partial charge in [0.05, 0.1) is 11.5 Å². The Kier molecular flexibility index (Phi) is 3.68. The summed E-state index contributed by atoms with van der Waals surface area (Å²) >= 11 is 0. The number of halogens is 1. The fourth-order valence-corrected chi connectivity index (χ4v) is 2.69. The second-order valence-corrected chi connectivity index (χ2v) is 7.57. The van der Waals surface area contributed by atoms with E-state index in [0.29, 0.717) is 11.3 Å². The van der Waals surface area contributed by atoms with Crippen molar-refractivity contribution in [3.05, 3.63) is 41.9 Å². The van der Waals surface area contributed by atoms with Gasteiger partial charge in [0.25, 0.3) is 0 Å². The Labute approximate surface area is 118 Å². The molecule has 4 nitrogen and oxygen atoms in total. The predicted molar refractivity (Wildman–Crippen MR) is 75.7 cm³/mol. The zero-order valence-electron chi connectivity index (χ0n) is 11.6. The topological polar surface area (TPSA) is 52.6 Å². The van der Waals surface area contributed by atoms with Crippen LogP contribution in [0.15, 0.2) is 30.5 Å². The van der Waals surface area contributed by atoms with Gasteiger partial charge in [-0.1, -0.05) is 18.7 Å². The van der Waals surface area contributed by atoms with Gasteiger partial charge in [0.1, 0.15) is 11.4 Å². The summed E-state index contributed by atoms with van der Waals surface area (Å²) in [6.07, 6.45) is 1.11. The van der Waals surface area contributed by atoms with Crippen molar-refractivity contribution in [2.75, 3.05) is 6.26 Å². The molecule has 0 radical (unpaired) electrons. The third-order valence-electron chi connectivity index (χ3n) is 3.07. The minimum atomic E-state index is -3.20. The quantitative estimate of drug-likeness (QED) is 0.792. The highest BCUT2D eigenvalue weighted by molar-refractivity contribution is 7.89. The van der Waals surface area contributed by atoms with E-state index in [9.17, 15) is 12.8 Å². The predicted octanol–water partition coefficient (Wildman–Crippen LogP) is 1.40. The van der Waals surface area contributed by atoms with Gasteiger partial charge in [0.15, 0.2) is 9.84 Å². The first-order valence-corrected chi connectivity index (χ1v) is 8.14. The molecule has 0 aliphatic carbocycles. The third-order valence-corrected chi connectivity index (χ3v) is 3.93. The van der Waals surface area contributed by atoms with E-state index in [4.69, 9.17) is 9.31 Å². The smallest absolute Gasteiger partial charge is 0.534 e. The Hall–Kier alpha value is -1.34. The molecule has 1 fully saturated rings. The van der Waals surface area contributed by atoms with Crippen LogP contribution in [0.2, 0.25) is 0 Å². The van der Waals surface area contributed by atoms with Crippen molar-refractivity contribution in [1.82, 2.24) is 0 Å². The third kappa shape index (κ3) is 3.21. The van der Waals surface area contributed by atoms with Crippen molar-refractivity contribution in [1.29, 1.82) is 0 Å². The lowest BCUT2D eigenvalue weighted by molar-refractivity contribution is 0.173. The molecule has 0 amide bonds. The highest BCUT2D eigenvalue weighted by Gasteiger charge is 2.44. The van der Waals surface area contributed by atoms with Crippen LogP contribution in [0.4, 0.5) is 4.39 Å². The number of benzene rings is 1. The van der Waals surface area contributed by atoms with Gasteiger partial charge in [0, 0.05) is 11.7 Å². The van der Waals surface area contributed by atoms with Crippen LogP contribution in [-0.2, 0) is 24.9 Å². The minimum Gasteiger partial charge on any atom is -0.534 e. The van der Waals surface area contributed by atoms with Gasteiger partial charge in [-0.3, -0.25) is 0 Å². The molecule has 1 aromatic rings. The molecule has 0 aromatic heterocycles. The number of sulfone groups is 1. The molecule has 0 N–H and O–H groups in total. The van der Waals surface area contributed by atoms with Crippen molar-refractivity contribution < 1.29 is 22.1 Å². The van der Waals surface area contributed by atoms with Crippen LogP contribution in [0.25, 0.3) is 0 Å². The van der Waals surface area contributed by atoms with E-state index < -0.39 is 28.4 Å². The van der Waals surface area contributed by atoms with Gasteiger partial charge in [-0.25, -0.2) is 12.8 Å². The maximum Gasteiger partial charge on any atom is 0.566 e. The van der Waals surface area contributed by atoms with Gasteiger partial charge < -0.3 is 9.31 Å². The Morgan fingerprint density at radius 3 is 2.50 bits per heavy atom. The first-order chi connectivity index (χ1) is 9.08. The van der Waals surface area contributed by atoms with Crippen LogP contribution < -0.4 is 5.46 Å². The monoisotopic (exact) mass is 298 g/mol. The molecule has 1 saturated heterocycles. The highest BCUT2D eigenvalue weighted by Crippen LogP contribution is 2.29. The molecule has 1 aromatic carbocycles. The molecular formula is C13H16BFO4S. The molecule has 1 aliphatic heterocycles. The zero-order valence-corrected chi connectivity index (χ0v) is 12.5. The summed E-state index contributed by atoms with van der Waals surface area (Å²) < 4.78 is 47.5. The second-order valence-electron chi connectivity index (χ2n) is 5.43. The summed E-state index contributed by atoms with van der Waals surface area (Å²) in [5.41, 5.74) is -0.0541. The minimum absolute atomic E-state index is 0.200. The normalized spacial score (nSPS) is 18.2. The van der Waals surface area contributed by atoms with E-state index >= 15 is 0 Å². The van der Waals surface area contributed by atoms with Crippen LogP contribution in [0.1, 0.15) is 19.4 Å². The van der Waals surface area contributed by atoms with Gasteiger partial charge >= 0.3 is 7.12 Å². The molecule has 0 saturated carbocycles. The molecule has 2 rings (SSSR count). The van der Waals surface area contributed by atoms with Crippen molar-refractivity contribution in [3.8, 4) is 0 Å². The van der Waals surface area contributed by atoms with E-state index in [1.807, 2.05) is 0 Å². The largest absolute Gasteiger partial charge is 0.566 e. The van der Waals surface area contributed by atoms with Crippen LogP contribution in [-0.4, -0.2) is 27.4 Å². The molecule has 1 heterocycles. The molecule has 0 bridgehead atoms. The Morgan fingerprint density at radius 1 is 1.40 bits per heavy atom. The first kappa shape index (κ1) is 15.1. The van der Waals surface area contributed by atoms with Crippen molar-refractivity contribution in [3.63, 3.8) is 0 Å². The first-order valence-electron chi connectivity index (χ1n) is 6.08. The van der Waals surface area contributed by atoms with E-state index in [1.54, 1.807) is 19.9 Å². The molecule has 7 heteroatoms. The fraction of sp³-hybridized carbons (Fsp3) is 0.385. The molecular weight excluding hydrogens is 282 g/mol. The second kappa shape index (κ2) is 4.89. The average Bonchev–Trinajstić information content (AvgIpc) is 2.50. The summed E-state index contributed by atoms with van der Waals surface area (Å²) in [6, 6.07) is 4.23. The number of hydrogen-bond donors (Lipinski definition) is 0. The van der Waals surface area contributed by atoms with E-state index in [2.05, 4.69) is 6.58 Å². The van der Waals surface area contributed by atoms with Crippen molar-refractivity contribution >= 4 is 22.4 Å². The van der Waals surface area contributed by atoms with Crippen LogP contribution >= 0.6 is 0 Å². The summed E-state index contributed by atoms with van der Waals surface area (Å²) in [7, 11) is -4.05. The molecule has 0 unspecified atom stereocenters. The number of hydrogen-bond acceptors (Lipinski definition) is 4. The summed E-state index contributed by atoms with van der Waals surface area (Å²) in [5.74, 6) is -0.321. The van der Waals surface area contributed by atoms with E-state index in [-0.39, 0.29) is 11.2 Å². The Morgan fingerprint density at radius 2 is 2.05 bits per heavy atom. The lowest BCUT2D eigenvalue weighted by Crippen LogP contribution is -2.36. The Balaban J connectivity index is 2.25. The fourth-order valence-electron chi connectivity index (χ4n) is 1.91. The van der Waals surface area contributed by atoms with Crippen LogP contribution in [0, 0.1) is 5.82 Å². The van der Waals surface area contributed by atoms with Gasteiger partial charge in [-0.05, 0) is 25.5 Å². The van der Waals surface area contributed by atoms with Gasteiger partial charge in [-0.15, -0.1) is 0 Å². The van der Waals surface area contributed by atoms with Crippen molar-refractivity contribution in [2.45, 2.75) is 25.2 Å². The lowest BCUT2D eigenvalue weighted by Gasteiger charge is -2.15. The van der Waals surface area contributed by atoms with E-state index in [0.717, 1.165) is 6.26 Å². The Bertz CT molecular complexity index is 654. The van der Waals surface area contributed by atoms with E-state index in [1.165, 1.54) is 12.1 Å². The molecule has 0 atom stereocenters. The van der Waals surface area contributed by atoms with Crippen molar-refractivity contribution in [2.24, 2.45) is 0 Å². The lowest BCUT2D eigenvalue weighted by atomic mass is 9.78. The molecule has 108 valence electrons. The molecule has 1 aliphatic rings. The van der Waals surface area contributed by atoms with Gasteiger partial charge in [0.2, 0.25) is 0 Å². The van der Waals surface area contributed by atoms with Gasteiger partial charge in [-0.2, -0.15) is 0 Å². The molecule has 0 spiro atoms. The summed E-state index contributed by atoms with van der Waals surface area (Å²) in [5, 5.41) is 0.